The Balaban J connectivity index is 2.04. The first kappa shape index (κ1) is 14.3. The van der Waals surface area contributed by atoms with Crippen LogP contribution in [0.25, 0.3) is 11.8 Å². The molecule has 0 aliphatic carbocycles. The van der Waals surface area contributed by atoms with E-state index in [1.807, 2.05) is 39.0 Å². The second-order valence-corrected chi connectivity index (χ2v) is 6.06. The third-order valence-electron chi connectivity index (χ3n) is 3.28. The number of Topliss-reactive ketones (excluding diaryl/α,β-unsaturated/α-hetero) is 1. The van der Waals surface area contributed by atoms with E-state index in [-0.39, 0.29) is 12.6 Å². The van der Waals surface area contributed by atoms with Crippen molar-refractivity contribution in [1.29, 1.82) is 0 Å². The van der Waals surface area contributed by atoms with Crippen molar-refractivity contribution in [3.05, 3.63) is 36.4 Å². The van der Waals surface area contributed by atoms with Gasteiger partial charge in [-0.2, -0.15) is 5.10 Å². The summed E-state index contributed by atoms with van der Waals surface area (Å²) in [7, 11) is 0. The zero-order chi connectivity index (χ0) is 15.7. The second-order valence-electron chi connectivity index (χ2n) is 6.06. The minimum atomic E-state index is -0.520. The Hall–Kier alpha value is -2.63. The number of aromatic nitrogens is 3. The van der Waals surface area contributed by atoms with Crippen LogP contribution >= 0.6 is 0 Å². The number of nitrogens with zero attached hydrogens (tertiary/aromatic N) is 3. The molecule has 0 saturated heterocycles. The van der Waals surface area contributed by atoms with Gasteiger partial charge in [0.15, 0.2) is 17.3 Å². The highest BCUT2D eigenvalue weighted by atomic mass is 16.7. The molecule has 1 aliphatic heterocycles. The summed E-state index contributed by atoms with van der Waals surface area (Å²) in [5, 5.41) is 4.08. The highest BCUT2D eigenvalue weighted by molar-refractivity contribution is 6.21. The molecule has 6 heteroatoms. The maximum absolute atomic E-state index is 12.7. The highest BCUT2D eigenvalue weighted by Gasteiger charge is 2.27. The zero-order valence-corrected chi connectivity index (χ0v) is 12.7. The number of allylic oxidation sites excluding steroid dienone is 1. The molecule has 114 valence electrons. The minimum Gasteiger partial charge on any atom is -0.454 e. The molecule has 2 heterocycles. The average Bonchev–Trinajstić information content (AvgIpc) is 3.13. The third-order valence-corrected chi connectivity index (χ3v) is 3.28. The Labute approximate surface area is 128 Å². The van der Waals surface area contributed by atoms with Crippen LogP contribution in [0.2, 0.25) is 0 Å². The van der Waals surface area contributed by atoms with Crippen LogP contribution in [0.4, 0.5) is 0 Å². The maximum atomic E-state index is 12.7. The van der Waals surface area contributed by atoms with E-state index in [9.17, 15) is 4.79 Å². The Morgan fingerprint density at radius 2 is 2.05 bits per heavy atom. The van der Waals surface area contributed by atoms with Crippen LogP contribution in [0.1, 0.15) is 26.3 Å². The molecule has 0 bridgehead atoms. The number of ether oxygens (including phenoxy) is 2. The predicted molar refractivity (Wildman–Crippen MR) is 81.2 cm³/mol. The van der Waals surface area contributed by atoms with Crippen LogP contribution in [0, 0.1) is 5.41 Å². The number of carbonyl (C=O) groups excluding carboxylic acids is 1. The molecule has 0 saturated carbocycles. The molecule has 1 aromatic carbocycles. The molecule has 0 amide bonds. The molecule has 0 unspecified atom stereocenters. The van der Waals surface area contributed by atoms with Crippen LogP contribution < -0.4 is 9.47 Å². The number of fused-ring (bicyclic) bond motifs is 1. The van der Waals surface area contributed by atoms with Gasteiger partial charge in [0.05, 0.1) is 0 Å². The lowest BCUT2D eigenvalue weighted by atomic mass is 9.88. The molecule has 2 aromatic rings. The Morgan fingerprint density at radius 3 is 2.73 bits per heavy atom. The summed E-state index contributed by atoms with van der Waals surface area (Å²) in [4.78, 5) is 16.6. The van der Waals surface area contributed by atoms with Crippen LogP contribution in [0.3, 0.4) is 0 Å². The SMILES string of the molecule is CC(C)(C)C(=O)/C(=C\c1ccc2c(c1)OCO2)n1cncn1. The molecular formula is C16H17N3O3. The fourth-order valence-corrected chi connectivity index (χ4v) is 2.11. The number of hydrogen-bond acceptors (Lipinski definition) is 5. The number of ketones is 1. The molecule has 22 heavy (non-hydrogen) atoms. The molecule has 0 atom stereocenters. The topological polar surface area (TPSA) is 66.2 Å². The molecule has 0 spiro atoms. The highest BCUT2D eigenvalue weighted by Crippen LogP contribution is 2.33. The quantitative estimate of drug-likeness (QED) is 0.815. The average molecular weight is 299 g/mol. The van der Waals surface area contributed by atoms with E-state index < -0.39 is 5.41 Å². The van der Waals surface area contributed by atoms with E-state index in [1.54, 1.807) is 6.08 Å². The first-order chi connectivity index (χ1) is 10.4. The molecule has 1 aromatic heterocycles. The number of benzene rings is 1. The fraction of sp³-hybridized carbons (Fsp3) is 0.312. The van der Waals surface area contributed by atoms with Crippen molar-refractivity contribution < 1.29 is 14.3 Å². The van der Waals surface area contributed by atoms with E-state index in [4.69, 9.17) is 9.47 Å². The van der Waals surface area contributed by atoms with Crippen molar-refractivity contribution in [2.24, 2.45) is 5.41 Å². The van der Waals surface area contributed by atoms with Crippen molar-refractivity contribution in [3.8, 4) is 11.5 Å². The van der Waals surface area contributed by atoms with Gasteiger partial charge in [-0.25, -0.2) is 9.67 Å². The van der Waals surface area contributed by atoms with Gasteiger partial charge >= 0.3 is 0 Å². The summed E-state index contributed by atoms with van der Waals surface area (Å²) < 4.78 is 12.1. The first-order valence-corrected chi connectivity index (χ1v) is 6.96. The summed E-state index contributed by atoms with van der Waals surface area (Å²) in [6.45, 7) is 5.85. The predicted octanol–water partition coefficient (Wildman–Crippen LogP) is 2.62. The molecule has 6 nitrogen and oxygen atoms in total. The van der Waals surface area contributed by atoms with Gasteiger partial charge in [0.1, 0.15) is 18.4 Å². The first-order valence-electron chi connectivity index (χ1n) is 6.96. The van der Waals surface area contributed by atoms with Gasteiger partial charge in [-0.1, -0.05) is 26.8 Å². The standard InChI is InChI=1S/C16H17N3O3/c1-16(2,3)15(20)12(19-9-17-8-18-19)6-11-4-5-13-14(7-11)22-10-21-13/h4-9H,10H2,1-3H3/b12-6+. The Bertz CT molecular complexity index is 728. The molecular weight excluding hydrogens is 282 g/mol. The normalized spacial score (nSPS) is 14.2. The molecule has 3 rings (SSSR count). The van der Waals surface area contributed by atoms with Gasteiger partial charge in [-0.05, 0) is 23.8 Å². The second kappa shape index (κ2) is 5.29. The van der Waals surface area contributed by atoms with E-state index in [0.29, 0.717) is 17.2 Å². The van der Waals surface area contributed by atoms with Crippen molar-refractivity contribution in [1.82, 2.24) is 14.8 Å². The fourth-order valence-electron chi connectivity index (χ4n) is 2.11. The lowest BCUT2D eigenvalue weighted by Crippen LogP contribution is -2.24. The van der Waals surface area contributed by atoms with Crippen LogP contribution in [-0.4, -0.2) is 27.3 Å². The van der Waals surface area contributed by atoms with Crippen molar-refractivity contribution >= 4 is 17.6 Å². The summed E-state index contributed by atoms with van der Waals surface area (Å²) in [6, 6.07) is 5.55. The van der Waals surface area contributed by atoms with Gasteiger partial charge in [0, 0.05) is 5.41 Å². The minimum absolute atomic E-state index is 0.0179. The van der Waals surface area contributed by atoms with E-state index >= 15 is 0 Å². The zero-order valence-electron chi connectivity index (χ0n) is 12.7. The smallest absolute Gasteiger partial charge is 0.231 e. The molecule has 0 N–H and O–H groups in total. The summed E-state index contributed by atoms with van der Waals surface area (Å²) in [5.74, 6) is 1.37. The largest absolute Gasteiger partial charge is 0.454 e. The van der Waals surface area contributed by atoms with E-state index in [0.717, 1.165) is 5.56 Å². The summed E-state index contributed by atoms with van der Waals surface area (Å²) >= 11 is 0. The van der Waals surface area contributed by atoms with Crippen LogP contribution in [0.5, 0.6) is 11.5 Å². The third kappa shape index (κ3) is 2.72. The summed E-state index contributed by atoms with van der Waals surface area (Å²) in [5.41, 5.74) is 0.782. The van der Waals surface area contributed by atoms with Gasteiger partial charge < -0.3 is 9.47 Å². The van der Waals surface area contributed by atoms with E-state index in [1.165, 1.54) is 17.3 Å². The monoisotopic (exact) mass is 299 g/mol. The Morgan fingerprint density at radius 1 is 1.27 bits per heavy atom. The van der Waals surface area contributed by atoms with Gasteiger partial charge in [0.25, 0.3) is 0 Å². The van der Waals surface area contributed by atoms with Crippen molar-refractivity contribution in [3.63, 3.8) is 0 Å². The maximum Gasteiger partial charge on any atom is 0.231 e. The molecule has 1 aliphatic rings. The number of carbonyl (C=O) groups is 1. The Kier molecular flexibility index (Phi) is 3.44. The number of hydrogen-bond donors (Lipinski definition) is 0. The molecule has 0 radical (unpaired) electrons. The lowest BCUT2D eigenvalue weighted by Gasteiger charge is -2.18. The molecule has 0 fully saturated rings. The van der Waals surface area contributed by atoms with Gasteiger partial charge in [-0.15, -0.1) is 0 Å². The van der Waals surface area contributed by atoms with Crippen molar-refractivity contribution in [2.45, 2.75) is 20.8 Å². The summed E-state index contributed by atoms with van der Waals surface area (Å²) in [6.07, 6.45) is 4.70. The van der Waals surface area contributed by atoms with Crippen molar-refractivity contribution in [2.75, 3.05) is 6.79 Å². The number of rotatable bonds is 3. The van der Waals surface area contributed by atoms with Gasteiger partial charge in [-0.3, -0.25) is 4.79 Å². The lowest BCUT2D eigenvalue weighted by molar-refractivity contribution is -0.120. The van der Waals surface area contributed by atoms with Gasteiger partial charge in [0.2, 0.25) is 6.79 Å². The van der Waals surface area contributed by atoms with E-state index in [2.05, 4.69) is 10.1 Å². The van der Waals surface area contributed by atoms with Crippen LogP contribution in [0.15, 0.2) is 30.9 Å². The van der Waals surface area contributed by atoms with Crippen LogP contribution in [-0.2, 0) is 4.79 Å².